The molecule has 0 saturated carbocycles. The van der Waals surface area contributed by atoms with E-state index in [-0.39, 0.29) is 11.8 Å². The molecule has 0 unspecified atom stereocenters. The Morgan fingerprint density at radius 3 is 1.16 bits per heavy atom. The molecule has 2 amide bonds. The van der Waals surface area contributed by atoms with Crippen molar-refractivity contribution in [3.8, 4) is 11.5 Å². The number of halogens is 2. The van der Waals surface area contributed by atoms with Gasteiger partial charge in [0.15, 0.2) is 0 Å². The van der Waals surface area contributed by atoms with Crippen molar-refractivity contribution in [2.24, 2.45) is 0 Å². The van der Waals surface area contributed by atoms with Gasteiger partial charge in [-0.1, -0.05) is 150 Å². The molecule has 2 aromatic heterocycles. The van der Waals surface area contributed by atoms with E-state index in [1.807, 2.05) is 34.1 Å². The van der Waals surface area contributed by atoms with E-state index in [1.165, 1.54) is 60.1 Å². The van der Waals surface area contributed by atoms with E-state index in [1.54, 1.807) is 22.7 Å². The number of rotatable bonds is 26. The highest BCUT2D eigenvalue weighted by atomic mass is 79.9. The highest BCUT2D eigenvalue weighted by Crippen LogP contribution is 2.49. The first kappa shape index (κ1) is 46.3. The molecule has 6 aromatic rings. The summed E-state index contributed by atoms with van der Waals surface area (Å²) < 4.78 is 14.3. The molecule has 334 valence electrons. The van der Waals surface area contributed by atoms with Gasteiger partial charge in [0.05, 0.1) is 53.1 Å². The molecule has 4 aromatic carbocycles. The van der Waals surface area contributed by atoms with Gasteiger partial charge in [0.1, 0.15) is 11.5 Å². The topological polar surface area (TPSA) is 59.1 Å². The maximum Gasteiger partial charge on any atom is 0.261 e. The largest absolute Gasteiger partial charge is 0.493 e. The molecule has 0 atom stereocenters. The van der Waals surface area contributed by atoms with Crippen molar-refractivity contribution in [3.05, 3.63) is 138 Å². The summed E-state index contributed by atoms with van der Waals surface area (Å²) >= 11 is 10.5. The fourth-order valence-corrected chi connectivity index (χ4v) is 12.0. The molecular formula is C54H58Br2N2O4S2. The zero-order valence-corrected chi connectivity index (χ0v) is 41.4. The van der Waals surface area contributed by atoms with Crippen LogP contribution >= 0.6 is 54.5 Å². The number of carbonyl (C=O) groups excluding carboxylic acids is 2. The normalized spacial score (nSPS) is 14.0. The van der Waals surface area contributed by atoms with Crippen molar-refractivity contribution in [2.75, 3.05) is 26.3 Å². The summed E-state index contributed by atoms with van der Waals surface area (Å²) in [4.78, 5) is 34.9. The van der Waals surface area contributed by atoms with Gasteiger partial charge in [-0.25, -0.2) is 0 Å². The van der Waals surface area contributed by atoms with E-state index in [0.717, 1.165) is 118 Å². The zero-order valence-electron chi connectivity index (χ0n) is 36.6. The van der Waals surface area contributed by atoms with Gasteiger partial charge >= 0.3 is 0 Å². The highest BCUT2D eigenvalue weighted by molar-refractivity contribution is 9.11. The van der Waals surface area contributed by atoms with Crippen molar-refractivity contribution in [1.29, 1.82) is 0 Å². The van der Waals surface area contributed by atoms with E-state index >= 15 is 0 Å². The van der Waals surface area contributed by atoms with Crippen LogP contribution in [0.25, 0.3) is 32.9 Å². The Balaban J connectivity index is 0.787. The first-order chi connectivity index (χ1) is 31.5. The molecule has 0 saturated heterocycles. The van der Waals surface area contributed by atoms with Crippen molar-refractivity contribution >= 4 is 99.3 Å². The first-order valence-corrected chi connectivity index (χ1v) is 26.5. The second-order valence-electron chi connectivity index (χ2n) is 16.9. The summed E-state index contributed by atoms with van der Waals surface area (Å²) in [6, 6.07) is 37.4. The van der Waals surface area contributed by atoms with E-state index < -0.39 is 0 Å². The number of fused-ring (bicyclic) bond motifs is 3. The Morgan fingerprint density at radius 1 is 0.406 bits per heavy atom. The Hall–Kier alpha value is -4.22. The van der Waals surface area contributed by atoms with Gasteiger partial charge in [-0.05, 0) is 105 Å². The van der Waals surface area contributed by atoms with Crippen LogP contribution in [0.4, 0.5) is 0 Å². The van der Waals surface area contributed by atoms with Crippen LogP contribution in [0.3, 0.4) is 0 Å². The average molecular weight is 1020 g/mol. The van der Waals surface area contributed by atoms with Crippen LogP contribution in [0.5, 0.6) is 11.5 Å². The number of ether oxygens (including phenoxy) is 2. The lowest BCUT2D eigenvalue weighted by molar-refractivity contribution is -0.124. The molecule has 4 heterocycles. The average Bonchev–Trinajstić information content (AvgIpc) is 4.08. The molecule has 0 spiro atoms. The zero-order chi connectivity index (χ0) is 44.1. The molecule has 10 heteroatoms. The van der Waals surface area contributed by atoms with Crippen molar-refractivity contribution in [3.63, 3.8) is 0 Å². The van der Waals surface area contributed by atoms with Gasteiger partial charge in [-0.15, -0.1) is 22.7 Å². The predicted molar refractivity (Wildman–Crippen MR) is 274 cm³/mol. The summed E-state index contributed by atoms with van der Waals surface area (Å²) in [7, 11) is 0. The van der Waals surface area contributed by atoms with Crippen molar-refractivity contribution < 1.29 is 19.1 Å². The van der Waals surface area contributed by atoms with E-state index in [2.05, 4.69) is 117 Å². The molecule has 0 radical (unpaired) electrons. The minimum Gasteiger partial charge on any atom is -0.493 e. The Bertz CT molecular complexity index is 2410. The third kappa shape index (κ3) is 11.4. The number of nitrogens with zero attached hydrogens (tertiary/aromatic N) is 2. The van der Waals surface area contributed by atoms with Crippen LogP contribution in [0.2, 0.25) is 0 Å². The fourth-order valence-electron chi connectivity index (χ4n) is 9.09. The van der Waals surface area contributed by atoms with Crippen LogP contribution in [-0.2, 0) is 9.59 Å². The van der Waals surface area contributed by atoms with Crippen LogP contribution in [-0.4, -0.2) is 47.9 Å². The number of carbonyl (C=O) groups is 2. The van der Waals surface area contributed by atoms with E-state index in [4.69, 9.17) is 9.47 Å². The summed E-state index contributed by atoms with van der Waals surface area (Å²) in [5, 5.41) is 4.77. The molecule has 2 aliphatic heterocycles. The molecule has 8 rings (SSSR count). The lowest BCUT2D eigenvalue weighted by Gasteiger charge is -2.24. The fraction of sp³-hybridized carbons (Fsp3) is 0.370. The van der Waals surface area contributed by atoms with Crippen LogP contribution in [0.15, 0.2) is 128 Å². The smallest absolute Gasteiger partial charge is 0.261 e. The molecule has 2 aliphatic rings. The molecule has 0 bridgehead atoms. The number of unbranched alkanes of at least 4 members (excludes halogenated alkanes) is 14. The Morgan fingerprint density at radius 2 is 0.766 bits per heavy atom. The second kappa shape index (κ2) is 23.3. The van der Waals surface area contributed by atoms with Crippen molar-refractivity contribution in [2.45, 2.75) is 103 Å². The summed E-state index contributed by atoms with van der Waals surface area (Å²) in [6.07, 6.45) is 17.8. The molecular weight excluding hydrogens is 965 g/mol. The molecule has 6 nitrogen and oxygen atoms in total. The Labute approximate surface area is 403 Å². The third-order valence-electron chi connectivity index (χ3n) is 12.4. The van der Waals surface area contributed by atoms with E-state index in [9.17, 15) is 9.59 Å². The maximum atomic E-state index is 14.6. The SMILES string of the molecule is O=C1C2=C(c3ccc(Br)s3)N(CCCCCCCCCCOc3cccc4ccccc34)C(=O)C2=C(c2ccc(Br)s2)N1CCCCCCCCCCOc1cccc2ccccc12. The van der Waals surface area contributed by atoms with Gasteiger partial charge in [0.25, 0.3) is 11.8 Å². The summed E-state index contributed by atoms with van der Waals surface area (Å²) in [6.45, 7) is 2.69. The Kier molecular flexibility index (Phi) is 16.9. The minimum atomic E-state index is -0.0434. The maximum absolute atomic E-state index is 14.6. The lowest BCUT2D eigenvalue weighted by Crippen LogP contribution is -2.30. The molecule has 0 fully saturated rings. The molecule has 64 heavy (non-hydrogen) atoms. The number of hydrogen-bond donors (Lipinski definition) is 0. The van der Waals surface area contributed by atoms with Crippen molar-refractivity contribution in [1.82, 2.24) is 9.80 Å². The summed E-state index contributed by atoms with van der Waals surface area (Å²) in [5.41, 5.74) is 2.72. The van der Waals surface area contributed by atoms with Gasteiger partial charge < -0.3 is 19.3 Å². The van der Waals surface area contributed by atoms with Crippen LogP contribution in [0, 0.1) is 0 Å². The molecule has 0 N–H and O–H groups in total. The third-order valence-corrected chi connectivity index (χ3v) is 15.6. The second-order valence-corrected chi connectivity index (χ2v) is 21.8. The number of benzene rings is 4. The molecule has 0 aliphatic carbocycles. The van der Waals surface area contributed by atoms with Gasteiger partial charge in [-0.2, -0.15) is 0 Å². The number of hydrogen-bond acceptors (Lipinski definition) is 6. The van der Waals surface area contributed by atoms with Crippen LogP contribution < -0.4 is 9.47 Å². The quantitative estimate of drug-likeness (QED) is 0.0508. The number of amides is 2. The monoisotopic (exact) mass is 1020 g/mol. The van der Waals surface area contributed by atoms with Gasteiger partial charge in [0, 0.05) is 23.9 Å². The number of thiophene rings is 2. The summed E-state index contributed by atoms with van der Waals surface area (Å²) in [5.74, 6) is 1.85. The lowest BCUT2D eigenvalue weighted by atomic mass is 10.1. The first-order valence-electron chi connectivity index (χ1n) is 23.3. The van der Waals surface area contributed by atoms with Crippen LogP contribution in [0.1, 0.15) is 112 Å². The van der Waals surface area contributed by atoms with Gasteiger partial charge in [0.2, 0.25) is 0 Å². The highest BCUT2D eigenvalue weighted by Gasteiger charge is 2.49. The predicted octanol–water partition coefficient (Wildman–Crippen LogP) is 15.8. The van der Waals surface area contributed by atoms with E-state index in [0.29, 0.717) is 24.2 Å². The standard InChI is InChI=1S/C54H58Br2N2O4S2/c55-47-33-31-45(63-47)51-49-50(53(59)57(51)35-17-9-5-1-3-7-11-19-37-61-43-29-21-25-39-23-13-15-27-41(39)43)52(46-32-34-48(56)64-46)58(54(49)60)36-18-10-6-2-4-8-12-20-38-62-44-30-22-26-40-24-14-16-28-42(40)44/h13-16,21-34H,1-12,17-20,35-38H2. The minimum absolute atomic E-state index is 0.0434. The van der Waals surface area contributed by atoms with Gasteiger partial charge in [-0.3, -0.25) is 9.59 Å².